The minimum atomic E-state index is -0.240. The molecule has 0 aliphatic carbocycles. The summed E-state index contributed by atoms with van der Waals surface area (Å²) >= 11 is 0. The van der Waals surface area contributed by atoms with Crippen LogP contribution < -0.4 is 26.2 Å². The quantitative estimate of drug-likeness (QED) is 0.121. The average molecular weight is 1200 g/mol. The van der Waals surface area contributed by atoms with E-state index < -0.39 is 0 Å². The monoisotopic (exact) mass is 1200 g/mol. The number of pyridine rings is 2. The summed E-state index contributed by atoms with van der Waals surface area (Å²) in [6.45, 7) is -0.240. The number of hydrogen-bond donors (Lipinski definition) is 0. The first kappa shape index (κ1) is 54.5. The lowest BCUT2D eigenvalue weighted by atomic mass is 9.33. The maximum atomic E-state index is 5.16. The Bertz CT molecular complexity index is 5080. The number of nitrogens with zero attached hydrogens (tertiary/aromatic N) is 5. The van der Waals surface area contributed by atoms with Gasteiger partial charge in [-0.15, -0.1) is 0 Å². The first-order valence-corrected chi connectivity index (χ1v) is 32.2. The molecule has 94 heavy (non-hydrogen) atoms. The molecule has 0 radical (unpaired) electrons. The van der Waals surface area contributed by atoms with E-state index in [0.29, 0.717) is 0 Å². The van der Waals surface area contributed by atoms with E-state index in [2.05, 4.69) is 367 Å². The van der Waals surface area contributed by atoms with Crippen molar-refractivity contribution in [2.45, 2.75) is 0 Å². The predicted molar refractivity (Wildman–Crippen MR) is 394 cm³/mol. The van der Waals surface area contributed by atoms with E-state index in [1.54, 1.807) is 0 Å². The maximum absolute atomic E-state index is 5.16. The third-order valence-corrected chi connectivity index (χ3v) is 19.1. The van der Waals surface area contributed by atoms with Crippen molar-refractivity contribution in [2.24, 2.45) is 0 Å². The fourth-order valence-corrected chi connectivity index (χ4v) is 14.8. The lowest BCUT2D eigenvalue weighted by Gasteiger charge is -2.46. The largest absolute Gasteiger partial charge is 0.310 e. The highest BCUT2D eigenvalue weighted by atomic mass is 15.2. The summed E-state index contributed by atoms with van der Waals surface area (Å²) in [5.41, 5.74) is 30.7. The van der Waals surface area contributed by atoms with E-state index in [4.69, 9.17) is 9.97 Å². The Morgan fingerprint density at radius 2 is 0.511 bits per heavy atom. The van der Waals surface area contributed by atoms with Crippen LogP contribution in [0.2, 0.25) is 0 Å². The summed E-state index contributed by atoms with van der Waals surface area (Å²) in [7, 11) is 0. The van der Waals surface area contributed by atoms with E-state index in [-0.39, 0.29) is 6.71 Å². The summed E-state index contributed by atoms with van der Waals surface area (Å²) in [6, 6.07) is 120. The van der Waals surface area contributed by atoms with Gasteiger partial charge in [0.15, 0.2) is 0 Å². The summed E-state index contributed by atoms with van der Waals surface area (Å²) in [4.78, 5) is 15.6. The molecule has 13 aromatic carbocycles. The second-order valence-electron chi connectivity index (χ2n) is 24.4. The number of hydrogen-bond acceptors (Lipinski definition) is 4. The van der Waals surface area contributed by atoms with Crippen molar-refractivity contribution < 1.29 is 0 Å². The van der Waals surface area contributed by atoms with Gasteiger partial charge in [-0.1, -0.05) is 279 Å². The van der Waals surface area contributed by atoms with E-state index in [9.17, 15) is 0 Å². The van der Waals surface area contributed by atoms with Crippen LogP contribution in [-0.4, -0.2) is 21.2 Å². The van der Waals surface area contributed by atoms with Crippen LogP contribution >= 0.6 is 0 Å². The average Bonchev–Trinajstić information content (AvgIpc) is 0.801. The van der Waals surface area contributed by atoms with Crippen molar-refractivity contribution in [2.75, 3.05) is 9.80 Å². The Kier molecular flexibility index (Phi) is 13.3. The van der Waals surface area contributed by atoms with Gasteiger partial charge in [-0.3, -0.25) is 9.97 Å². The van der Waals surface area contributed by atoms with Crippen LogP contribution in [0.1, 0.15) is 0 Å². The molecule has 0 unspecified atom stereocenters. The third-order valence-electron chi connectivity index (χ3n) is 19.1. The normalized spacial score (nSPS) is 12.2. The molecule has 2 aliphatic heterocycles. The summed E-state index contributed by atoms with van der Waals surface area (Å²) in [6.07, 6.45) is 8.29. The van der Waals surface area contributed by atoms with E-state index in [1.165, 1.54) is 38.3 Å². The van der Waals surface area contributed by atoms with Crippen molar-refractivity contribution in [3.8, 4) is 94.7 Å². The zero-order valence-corrected chi connectivity index (χ0v) is 51.3. The lowest BCUT2D eigenvalue weighted by Crippen LogP contribution is -2.61. The number of rotatable bonds is 11. The molecule has 18 rings (SSSR count). The lowest BCUT2D eigenvalue weighted by molar-refractivity contribution is 1.16. The predicted octanol–water partition coefficient (Wildman–Crippen LogP) is 21.0. The van der Waals surface area contributed by atoms with Gasteiger partial charge in [0.05, 0.1) is 28.1 Å². The topological polar surface area (TPSA) is 37.2 Å². The molecule has 0 fully saturated rings. The van der Waals surface area contributed by atoms with Crippen LogP contribution in [-0.2, 0) is 0 Å². The SMILES string of the molecule is c1ccc(-c2ccc3c(c2)N(c2c(-c4ccccc4)cncc2-c2ccccc2)c2cc(-n4c5ccc(-c6ccccc6)cc5c5cc(-c6ccccc6)ccc54)cc4c2B3c2ccc(-c3ccccc3)cc2N4c2c(-c3ccccc3)cncc2-c2ccccc2)cc1. The standard InChI is InChI=1S/C88H58BN5/c1-9-25-59(26-10-1)67-43-47-80-72(49-67)73-50-68(60-27-11-2-12-28-60)44-48-81(73)92(80)71-53-84-86-85(54-71)94(88-76(65-37-21-7-22-38-65)57-91-58-77(88)66-39-23-8-24-40-66)83-52-70(62-31-15-4-16-32-62)42-46-79(83)89(86)78-45-41-69(61-29-13-3-14-30-61)51-82(78)93(84)87-74(63-33-17-5-18-34-63)55-90-56-75(87)64-35-19-6-20-36-64/h1-58H. The molecule has 0 atom stereocenters. The van der Waals surface area contributed by atoms with Gasteiger partial charge in [-0.25, -0.2) is 0 Å². The fourth-order valence-electron chi connectivity index (χ4n) is 14.8. The molecule has 0 saturated heterocycles. The molecule has 6 heteroatoms. The van der Waals surface area contributed by atoms with E-state index in [1.807, 2.05) is 0 Å². The smallest absolute Gasteiger partial charge is 0.252 e. The molecule has 16 aromatic rings. The molecule has 0 saturated carbocycles. The Hall–Kier alpha value is -12.4. The van der Waals surface area contributed by atoms with Gasteiger partial charge in [0.25, 0.3) is 6.71 Å². The van der Waals surface area contributed by atoms with Crippen molar-refractivity contribution in [1.29, 1.82) is 0 Å². The second kappa shape index (κ2) is 22.8. The molecule has 438 valence electrons. The molecule has 0 amide bonds. The summed E-state index contributed by atoms with van der Waals surface area (Å²) in [5.74, 6) is 0. The van der Waals surface area contributed by atoms with Crippen molar-refractivity contribution in [1.82, 2.24) is 14.5 Å². The van der Waals surface area contributed by atoms with Gasteiger partial charge < -0.3 is 14.4 Å². The Morgan fingerprint density at radius 1 is 0.234 bits per heavy atom. The highest BCUT2D eigenvalue weighted by molar-refractivity contribution is 7.00. The Balaban J connectivity index is 1.04. The fraction of sp³-hybridized carbons (Fsp3) is 0. The van der Waals surface area contributed by atoms with Crippen LogP contribution in [0.4, 0.5) is 34.1 Å². The van der Waals surface area contributed by atoms with Crippen LogP contribution in [0.5, 0.6) is 0 Å². The highest BCUT2D eigenvalue weighted by Crippen LogP contribution is 2.54. The molecular formula is C88H58BN5. The second-order valence-corrected chi connectivity index (χ2v) is 24.4. The Morgan fingerprint density at radius 3 is 0.819 bits per heavy atom. The Labute approximate surface area is 547 Å². The van der Waals surface area contributed by atoms with Crippen molar-refractivity contribution >= 4 is 79.0 Å². The minimum Gasteiger partial charge on any atom is -0.310 e. The van der Waals surface area contributed by atoms with Gasteiger partial charge in [-0.2, -0.15) is 0 Å². The van der Waals surface area contributed by atoms with Gasteiger partial charge in [0, 0.05) is 80.6 Å². The number of anilines is 6. The highest BCUT2D eigenvalue weighted by Gasteiger charge is 2.46. The first-order valence-electron chi connectivity index (χ1n) is 32.2. The summed E-state index contributed by atoms with van der Waals surface area (Å²) in [5, 5.41) is 2.34. The molecule has 2 aliphatic rings. The van der Waals surface area contributed by atoms with Gasteiger partial charge >= 0.3 is 0 Å². The van der Waals surface area contributed by atoms with Crippen molar-refractivity contribution in [3.63, 3.8) is 0 Å². The van der Waals surface area contributed by atoms with Gasteiger partial charge in [0.1, 0.15) is 0 Å². The van der Waals surface area contributed by atoms with Crippen LogP contribution in [0.25, 0.3) is 117 Å². The molecule has 3 aromatic heterocycles. The van der Waals surface area contributed by atoms with Crippen LogP contribution in [0, 0.1) is 0 Å². The number of fused-ring (bicyclic) bond motifs is 7. The molecule has 0 N–H and O–H groups in total. The number of aromatic nitrogens is 3. The van der Waals surface area contributed by atoms with Gasteiger partial charge in [-0.05, 0) is 132 Å². The first-order chi connectivity index (χ1) is 46.7. The third kappa shape index (κ3) is 9.17. The minimum absolute atomic E-state index is 0.240. The molecule has 0 spiro atoms. The van der Waals surface area contributed by atoms with Gasteiger partial charge in [0.2, 0.25) is 0 Å². The van der Waals surface area contributed by atoms with Crippen LogP contribution in [0.15, 0.2) is 352 Å². The molecule has 5 nitrogen and oxygen atoms in total. The van der Waals surface area contributed by atoms with Crippen LogP contribution in [0.3, 0.4) is 0 Å². The zero-order chi connectivity index (χ0) is 62.1. The van der Waals surface area contributed by atoms with E-state index >= 15 is 0 Å². The van der Waals surface area contributed by atoms with Crippen molar-refractivity contribution in [3.05, 3.63) is 352 Å². The maximum Gasteiger partial charge on any atom is 0.252 e. The summed E-state index contributed by atoms with van der Waals surface area (Å²) < 4.78 is 2.54. The molecule has 5 heterocycles. The number of benzene rings is 13. The zero-order valence-electron chi connectivity index (χ0n) is 51.3. The van der Waals surface area contributed by atoms with E-state index in [0.717, 1.165) is 129 Å². The molecule has 0 bridgehead atoms. The molecular weight excluding hydrogens is 1140 g/mol.